The Morgan fingerprint density at radius 2 is 1.47 bits per heavy atom. The number of nitrogens with zero attached hydrogens (tertiary/aromatic N) is 2. The van der Waals surface area contributed by atoms with Gasteiger partial charge in [0.05, 0.1) is 18.2 Å². The maximum absolute atomic E-state index is 15.1. The van der Waals surface area contributed by atoms with Crippen LogP contribution < -0.4 is 20.1 Å². The number of pyridine rings is 1. The topological polar surface area (TPSA) is 113 Å². The molecule has 1 aromatic heterocycles. The number of anilines is 2. The summed E-state index contributed by atoms with van der Waals surface area (Å²) < 4.78 is 39.7. The third kappa shape index (κ3) is 7.58. The van der Waals surface area contributed by atoms with Crippen LogP contribution in [0.25, 0.3) is 22.0 Å². The summed E-state index contributed by atoms with van der Waals surface area (Å²) in [5.41, 5.74) is 2.27. The smallest absolute Gasteiger partial charge is 0.224 e. The molecular weight excluding hydrogens is 578 g/mol. The van der Waals surface area contributed by atoms with E-state index in [1.54, 1.807) is 60.8 Å². The standard InChI is InChI=1S/C35H28F2N4O4/c1-44-32-20-30-29(19-28(32)27-6-4-5-22(21-38)35(27)37)31(17-18-39-30)45-26-15-13-25(14-16-26)41-34(43)8-3-2-7-33(42)40-24-11-9-23(36)10-12-24/h4-6,9-20H,2-3,7-8H2,1H3,(H,40,42)(H,41,43). The molecule has 10 heteroatoms. The van der Waals surface area contributed by atoms with Crippen LogP contribution >= 0.6 is 0 Å². The van der Waals surface area contributed by atoms with Crippen LogP contribution in [0.4, 0.5) is 20.2 Å². The highest BCUT2D eigenvalue weighted by molar-refractivity contribution is 5.93. The summed E-state index contributed by atoms with van der Waals surface area (Å²) in [5, 5.41) is 15.4. The third-order valence-electron chi connectivity index (χ3n) is 6.98. The number of nitriles is 1. The maximum Gasteiger partial charge on any atom is 0.224 e. The van der Waals surface area contributed by atoms with Crippen molar-refractivity contribution in [2.24, 2.45) is 0 Å². The highest BCUT2D eigenvalue weighted by Crippen LogP contribution is 2.39. The zero-order chi connectivity index (χ0) is 31.8. The van der Waals surface area contributed by atoms with Gasteiger partial charge in [0.15, 0.2) is 0 Å². The minimum Gasteiger partial charge on any atom is -0.496 e. The molecule has 45 heavy (non-hydrogen) atoms. The van der Waals surface area contributed by atoms with Crippen LogP contribution in [-0.4, -0.2) is 23.9 Å². The van der Waals surface area contributed by atoms with E-state index in [0.29, 0.717) is 57.9 Å². The summed E-state index contributed by atoms with van der Waals surface area (Å²) in [6.07, 6.45) is 3.13. The summed E-state index contributed by atoms with van der Waals surface area (Å²) in [5.74, 6) is -0.0296. The molecule has 0 aliphatic rings. The highest BCUT2D eigenvalue weighted by Gasteiger charge is 2.17. The maximum atomic E-state index is 15.1. The summed E-state index contributed by atoms with van der Waals surface area (Å²) >= 11 is 0. The summed E-state index contributed by atoms with van der Waals surface area (Å²) in [6.45, 7) is 0. The van der Waals surface area contributed by atoms with Crippen molar-refractivity contribution < 1.29 is 27.8 Å². The van der Waals surface area contributed by atoms with Crippen LogP contribution in [0.15, 0.2) is 91.1 Å². The molecule has 0 atom stereocenters. The molecule has 2 N–H and O–H groups in total. The van der Waals surface area contributed by atoms with Gasteiger partial charge in [0.2, 0.25) is 11.8 Å². The minimum atomic E-state index is -0.644. The quantitative estimate of drug-likeness (QED) is 0.147. The lowest BCUT2D eigenvalue weighted by molar-refractivity contribution is -0.118. The van der Waals surface area contributed by atoms with E-state index in [0.717, 1.165) is 0 Å². The van der Waals surface area contributed by atoms with Gasteiger partial charge in [-0.1, -0.05) is 12.1 Å². The van der Waals surface area contributed by atoms with Crippen molar-refractivity contribution in [1.29, 1.82) is 5.26 Å². The second-order valence-corrected chi connectivity index (χ2v) is 10.1. The van der Waals surface area contributed by atoms with Gasteiger partial charge in [-0.2, -0.15) is 5.26 Å². The Bertz CT molecular complexity index is 1890. The molecular formula is C35H28F2N4O4. The van der Waals surface area contributed by atoms with Gasteiger partial charge in [-0.15, -0.1) is 0 Å². The molecule has 0 bridgehead atoms. The molecule has 0 unspecified atom stereocenters. The molecule has 0 spiro atoms. The van der Waals surface area contributed by atoms with E-state index in [2.05, 4.69) is 15.6 Å². The molecule has 5 rings (SSSR count). The molecule has 4 aromatic carbocycles. The van der Waals surface area contributed by atoms with Gasteiger partial charge >= 0.3 is 0 Å². The van der Waals surface area contributed by atoms with Gasteiger partial charge in [0.25, 0.3) is 0 Å². The average Bonchev–Trinajstić information content (AvgIpc) is 3.05. The van der Waals surface area contributed by atoms with Crippen molar-refractivity contribution in [3.63, 3.8) is 0 Å². The first-order chi connectivity index (χ1) is 21.8. The number of hydrogen-bond acceptors (Lipinski definition) is 6. The van der Waals surface area contributed by atoms with Gasteiger partial charge < -0.3 is 20.1 Å². The second kappa shape index (κ2) is 14.1. The van der Waals surface area contributed by atoms with E-state index in [9.17, 15) is 19.2 Å². The number of carbonyl (C=O) groups is 2. The van der Waals surface area contributed by atoms with Crippen molar-refractivity contribution in [2.45, 2.75) is 25.7 Å². The van der Waals surface area contributed by atoms with Gasteiger partial charge in [0, 0.05) is 53.0 Å². The number of carbonyl (C=O) groups excluding carboxylic acids is 2. The molecule has 5 aromatic rings. The number of aromatic nitrogens is 1. The molecule has 226 valence electrons. The molecule has 0 fully saturated rings. The van der Waals surface area contributed by atoms with Gasteiger partial charge in [0.1, 0.15) is 35.0 Å². The Kier molecular flexibility index (Phi) is 9.60. The zero-order valence-corrected chi connectivity index (χ0v) is 24.3. The van der Waals surface area contributed by atoms with E-state index in [1.165, 1.54) is 37.4 Å². The lowest BCUT2D eigenvalue weighted by atomic mass is 9.99. The number of unbranched alkanes of at least 4 members (excludes halogenated alkanes) is 1. The fourth-order valence-corrected chi connectivity index (χ4v) is 4.73. The van der Waals surface area contributed by atoms with Crippen molar-refractivity contribution in [1.82, 2.24) is 4.98 Å². The number of benzene rings is 4. The zero-order valence-electron chi connectivity index (χ0n) is 24.3. The molecule has 1 heterocycles. The fourth-order valence-electron chi connectivity index (χ4n) is 4.73. The van der Waals surface area contributed by atoms with Crippen LogP contribution in [0.3, 0.4) is 0 Å². The first-order valence-corrected chi connectivity index (χ1v) is 14.1. The van der Waals surface area contributed by atoms with Crippen LogP contribution in [0.2, 0.25) is 0 Å². The number of methoxy groups -OCH3 is 1. The van der Waals surface area contributed by atoms with E-state index in [4.69, 9.17) is 9.47 Å². The van der Waals surface area contributed by atoms with Crippen LogP contribution in [0.1, 0.15) is 31.2 Å². The van der Waals surface area contributed by atoms with Gasteiger partial charge in [-0.3, -0.25) is 14.6 Å². The number of hydrogen-bond donors (Lipinski definition) is 2. The summed E-state index contributed by atoms with van der Waals surface area (Å²) in [4.78, 5) is 28.9. The van der Waals surface area contributed by atoms with Crippen molar-refractivity contribution in [3.8, 4) is 34.4 Å². The SMILES string of the molecule is COc1cc2nccc(Oc3ccc(NC(=O)CCCCC(=O)Nc4ccc(F)cc4)cc3)c2cc1-c1cccc(C#N)c1F. The second-order valence-electron chi connectivity index (χ2n) is 10.1. The Hall–Kier alpha value is -5.82. The lowest BCUT2D eigenvalue weighted by Crippen LogP contribution is -2.13. The Morgan fingerprint density at radius 3 is 2.09 bits per heavy atom. The Morgan fingerprint density at radius 1 is 0.822 bits per heavy atom. The predicted molar refractivity (Wildman–Crippen MR) is 167 cm³/mol. The van der Waals surface area contributed by atoms with Gasteiger partial charge in [-0.25, -0.2) is 8.78 Å². The summed E-state index contributed by atoms with van der Waals surface area (Å²) in [6, 6.07) is 23.9. The number of fused-ring (bicyclic) bond motifs is 1. The van der Waals surface area contributed by atoms with Crippen LogP contribution in [0, 0.1) is 23.0 Å². The van der Waals surface area contributed by atoms with E-state index >= 15 is 4.39 Å². The van der Waals surface area contributed by atoms with Crippen molar-refractivity contribution in [3.05, 3.63) is 108 Å². The molecule has 0 aliphatic heterocycles. The number of nitrogens with one attached hydrogen (secondary N) is 2. The number of halogens is 2. The van der Waals surface area contributed by atoms with Gasteiger partial charge in [-0.05, 0) is 79.6 Å². The summed E-state index contributed by atoms with van der Waals surface area (Å²) in [7, 11) is 1.48. The van der Waals surface area contributed by atoms with Crippen LogP contribution in [0.5, 0.6) is 17.2 Å². The molecule has 0 radical (unpaired) electrons. The first kappa shape index (κ1) is 30.6. The third-order valence-corrected chi connectivity index (χ3v) is 6.98. The molecule has 0 saturated heterocycles. The number of amides is 2. The van der Waals surface area contributed by atoms with E-state index in [1.807, 2.05) is 6.07 Å². The fraction of sp³-hybridized carbons (Fsp3) is 0.143. The predicted octanol–water partition coefficient (Wildman–Crippen LogP) is 7.99. The normalized spacial score (nSPS) is 10.6. The van der Waals surface area contributed by atoms with Crippen molar-refractivity contribution in [2.75, 3.05) is 17.7 Å². The first-order valence-electron chi connectivity index (χ1n) is 14.1. The number of rotatable bonds is 11. The van der Waals surface area contributed by atoms with Crippen molar-refractivity contribution >= 4 is 34.1 Å². The molecule has 0 aliphatic carbocycles. The Labute approximate surface area is 258 Å². The van der Waals surface area contributed by atoms with E-state index < -0.39 is 5.82 Å². The monoisotopic (exact) mass is 606 g/mol. The molecule has 0 saturated carbocycles. The molecule has 2 amide bonds. The molecule has 8 nitrogen and oxygen atoms in total. The highest BCUT2D eigenvalue weighted by atomic mass is 19.1. The largest absolute Gasteiger partial charge is 0.496 e. The average molecular weight is 607 g/mol. The Balaban J connectivity index is 1.20. The van der Waals surface area contributed by atoms with Crippen LogP contribution in [-0.2, 0) is 9.59 Å². The van der Waals surface area contributed by atoms with E-state index in [-0.39, 0.29) is 41.6 Å². The minimum absolute atomic E-state index is 0.0737. The number of ether oxygens (including phenoxy) is 2. The lowest BCUT2D eigenvalue weighted by Gasteiger charge is -2.14.